The maximum atomic E-state index is 14.1. The fourth-order valence-corrected chi connectivity index (χ4v) is 6.92. The average molecular weight is 1000 g/mol. The molecule has 26 nitrogen and oxygen atoms in total. The highest BCUT2D eigenvalue weighted by atomic mass is 16.4. The van der Waals surface area contributed by atoms with Gasteiger partial charge in [-0.2, -0.15) is 0 Å². The fourth-order valence-electron chi connectivity index (χ4n) is 6.92. The Hall–Kier alpha value is -7.35. The number of aliphatic imine (C=N–C) groups is 1. The molecule has 8 atom stereocenters. The van der Waals surface area contributed by atoms with Gasteiger partial charge in [0.2, 0.25) is 41.4 Å². The summed E-state index contributed by atoms with van der Waals surface area (Å²) in [5, 5.41) is 46.8. The molecule has 71 heavy (non-hydrogen) atoms. The molecule has 0 aliphatic heterocycles. The third-order valence-electron chi connectivity index (χ3n) is 11.1. The van der Waals surface area contributed by atoms with Gasteiger partial charge in [0.15, 0.2) is 5.96 Å². The number of carbonyl (C=O) groups is 9. The Morgan fingerprint density at radius 3 is 1.83 bits per heavy atom. The Kier molecular flexibility index (Phi) is 26.1. The number of nitrogens with zero attached hydrogens (tertiary/aromatic N) is 2. The van der Waals surface area contributed by atoms with Gasteiger partial charge in [0.25, 0.3) is 0 Å². The number of guanidine groups is 1. The number of aromatic nitrogens is 2. The lowest BCUT2D eigenvalue weighted by atomic mass is 9.97. The summed E-state index contributed by atoms with van der Waals surface area (Å²) in [6.07, 6.45) is 2.72. The molecular weight excluding hydrogens is 929 g/mol. The van der Waals surface area contributed by atoms with Gasteiger partial charge in [0.05, 0.1) is 25.3 Å². The quantitative estimate of drug-likeness (QED) is 0.0194. The van der Waals surface area contributed by atoms with Crippen molar-refractivity contribution in [2.75, 3.05) is 19.6 Å². The van der Waals surface area contributed by atoms with Gasteiger partial charge in [-0.25, -0.2) is 9.78 Å². The first kappa shape index (κ1) is 59.8. The summed E-state index contributed by atoms with van der Waals surface area (Å²) in [5.74, 6) is -9.68. The molecular formula is C45H72N14O12. The van der Waals surface area contributed by atoms with E-state index in [4.69, 9.17) is 22.9 Å². The van der Waals surface area contributed by atoms with Crippen LogP contribution >= 0.6 is 0 Å². The number of aromatic hydroxyl groups is 1. The lowest BCUT2D eigenvalue weighted by molar-refractivity contribution is -0.143. The maximum Gasteiger partial charge on any atom is 0.326 e. The molecule has 0 bridgehead atoms. The van der Waals surface area contributed by atoms with Gasteiger partial charge >= 0.3 is 11.9 Å². The molecule has 394 valence electrons. The van der Waals surface area contributed by atoms with Crippen LogP contribution in [0, 0.1) is 11.8 Å². The number of carboxylic acids is 2. The summed E-state index contributed by atoms with van der Waals surface area (Å²) < 4.78 is 0. The molecule has 2 aromatic rings. The number of hydrogen-bond acceptors (Lipinski definition) is 14. The van der Waals surface area contributed by atoms with Gasteiger partial charge in [-0.3, -0.25) is 43.3 Å². The number of imidazole rings is 1. The Morgan fingerprint density at radius 2 is 1.27 bits per heavy atom. The minimum absolute atomic E-state index is 0.00353. The highest BCUT2D eigenvalue weighted by molar-refractivity contribution is 5.98. The van der Waals surface area contributed by atoms with Gasteiger partial charge in [-0.05, 0) is 74.6 Å². The lowest BCUT2D eigenvalue weighted by Gasteiger charge is -2.27. The van der Waals surface area contributed by atoms with E-state index in [1.165, 1.54) is 36.8 Å². The molecule has 1 aromatic heterocycles. The number of carbonyl (C=O) groups excluding carboxylic acids is 7. The standard InChI is InChI=1S/C45H72N14O12/c1-5-25(4)37(47)43(69)59-31(17-24(2)3)38(64)52-22-35(61)54-33(19-27-21-50-23-53-27)41(67)55-29(10-8-16-51-45(48)49)39(65)58-34(20-36(62)63)42(68)57-32(18-26-11-13-28(60)14-12-26)40(66)56-30(44(70)71)9-6-7-15-46/h11-14,21,23-25,29-34,37,60H,5-10,15-20,22,46-47H2,1-4H3,(H,50,53)(H,52,64)(H,54,61)(H,55,67)(H,56,66)(H,57,68)(H,58,65)(H,59,69)(H,62,63)(H,70,71)(H4,48,49,51)/t25-,29-,30-,31-,32-,33-,34-,37-/m1/s1. The van der Waals surface area contributed by atoms with E-state index in [1.807, 2.05) is 20.8 Å². The molecule has 7 amide bonds. The van der Waals surface area contributed by atoms with E-state index >= 15 is 0 Å². The van der Waals surface area contributed by atoms with Crippen molar-refractivity contribution < 1.29 is 58.5 Å². The molecule has 0 radical (unpaired) electrons. The van der Waals surface area contributed by atoms with E-state index in [2.05, 4.69) is 52.2 Å². The minimum atomic E-state index is -1.88. The van der Waals surface area contributed by atoms with Crippen molar-refractivity contribution in [3.8, 4) is 5.75 Å². The smallest absolute Gasteiger partial charge is 0.326 e. The molecule has 0 aliphatic carbocycles. The first-order valence-corrected chi connectivity index (χ1v) is 23.3. The Bertz CT molecular complexity index is 2100. The van der Waals surface area contributed by atoms with Crippen LogP contribution < -0.4 is 60.2 Å². The van der Waals surface area contributed by atoms with Crippen molar-refractivity contribution in [3.63, 3.8) is 0 Å². The highest BCUT2D eigenvalue weighted by Gasteiger charge is 2.34. The van der Waals surface area contributed by atoms with Crippen LogP contribution in [0.4, 0.5) is 0 Å². The van der Waals surface area contributed by atoms with Crippen LogP contribution in [0.2, 0.25) is 0 Å². The van der Waals surface area contributed by atoms with Crippen molar-refractivity contribution in [1.82, 2.24) is 47.2 Å². The van der Waals surface area contributed by atoms with Gasteiger partial charge in [-0.15, -0.1) is 0 Å². The van der Waals surface area contributed by atoms with Crippen molar-refractivity contribution in [1.29, 1.82) is 0 Å². The number of amides is 7. The summed E-state index contributed by atoms with van der Waals surface area (Å²) in [6.45, 7) is 6.96. The topological polar surface area (TPSA) is 444 Å². The second-order valence-electron chi connectivity index (χ2n) is 17.5. The molecule has 0 fully saturated rings. The van der Waals surface area contributed by atoms with Crippen LogP contribution in [0.3, 0.4) is 0 Å². The van der Waals surface area contributed by atoms with Crippen LogP contribution in [0.15, 0.2) is 41.8 Å². The van der Waals surface area contributed by atoms with Crippen molar-refractivity contribution in [3.05, 3.63) is 48.0 Å². The second kappa shape index (κ2) is 31.0. The zero-order valence-electron chi connectivity index (χ0n) is 40.6. The molecule has 1 aromatic carbocycles. The predicted molar refractivity (Wildman–Crippen MR) is 258 cm³/mol. The first-order valence-electron chi connectivity index (χ1n) is 23.3. The Labute approximate surface area is 411 Å². The van der Waals surface area contributed by atoms with Gasteiger partial charge in [0.1, 0.15) is 42.0 Å². The number of rotatable bonds is 33. The number of benzene rings is 1. The van der Waals surface area contributed by atoms with Crippen molar-refractivity contribution >= 4 is 59.2 Å². The van der Waals surface area contributed by atoms with E-state index in [0.717, 1.165) is 0 Å². The van der Waals surface area contributed by atoms with Crippen LogP contribution in [0.5, 0.6) is 5.75 Å². The molecule has 0 spiro atoms. The first-order chi connectivity index (χ1) is 33.5. The number of nitrogens with one attached hydrogen (secondary N) is 8. The number of unbranched alkanes of at least 4 members (excludes halogenated alkanes) is 1. The second-order valence-corrected chi connectivity index (χ2v) is 17.5. The highest BCUT2D eigenvalue weighted by Crippen LogP contribution is 2.14. The number of H-pyrrole nitrogens is 1. The Morgan fingerprint density at radius 1 is 0.704 bits per heavy atom. The van der Waals surface area contributed by atoms with Gasteiger partial charge in [0, 0.05) is 31.3 Å². The summed E-state index contributed by atoms with van der Waals surface area (Å²) in [7, 11) is 0. The van der Waals surface area contributed by atoms with E-state index in [9.17, 15) is 58.5 Å². The molecule has 1 heterocycles. The predicted octanol–water partition coefficient (Wildman–Crippen LogP) is -2.91. The van der Waals surface area contributed by atoms with Crippen LogP contribution in [0.25, 0.3) is 0 Å². The Balaban J connectivity index is 2.41. The van der Waals surface area contributed by atoms with E-state index in [0.29, 0.717) is 30.5 Å². The summed E-state index contributed by atoms with van der Waals surface area (Å²) in [6, 6.07) is -4.17. The molecule has 0 unspecified atom stereocenters. The number of aliphatic carboxylic acids is 2. The third-order valence-corrected chi connectivity index (χ3v) is 11.1. The fraction of sp³-hybridized carbons (Fsp3) is 0.578. The lowest BCUT2D eigenvalue weighted by Crippen LogP contribution is -2.60. The third kappa shape index (κ3) is 22.7. The summed E-state index contributed by atoms with van der Waals surface area (Å²) in [4.78, 5) is 130. The maximum absolute atomic E-state index is 14.1. The molecule has 2 rings (SSSR count). The molecule has 19 N–H and O–H groups in total. The number of carboxylic acid groups (broad SMARTS) is 2. The number of phenolic OH excluding ortho intramolecular Hbond substituents is 1. The zero-order valence-corrected chi connectivity index (χ0v) is 40.6. The summed E-state index contributed by atoms with van der Waals surface area (Å²) >= 11 is 0. The van der Waals surface area contributed by atoms with Crippen molar-refractivity contribution in [2.45, 2.75) is 134 Å². The van der Waals surface area contributed by atoms with Crippen LogP contribution in [-0.2, 0) is 56.0 Å². The van der Waals surface area contributed by atoms with Gasteiger partial charge in [-0.1, -0.05) is 46.2 Å². The number of nitrogens with two attached hydrogens (primary N) is 4. The normalized spacial score (nSPS) is 14.4. The number of phenols is 1. The van der Waals surface area contributed by atoms with Gasteiger partial charge < -0.3 is 80.5 Å². The SMILES string of the molecule is CC[C@@H](C)[C@@H](N)C(=O)N[C@H](CC(C)C)C(=O)NCC(=O)N[C@H](Cc1cnc[nH]1)C(=O)N[C@H](CCCN=C(N)N)C(=O)N[C@H](CC(=O)O)C(=O)N[C@H](Cc1ccc(O)cc1)C(=O)N[C@H](CCCCN)C(=O)O. The van der Waals surface area contributed by atoms with Crippen molar-refractivity contribution in [2.24, 2.45) is 39.8 Å². The largest absolute Gasteiger partial charge is 0.508 e. The van der Waals surface area contributed by atoms with E-state index in [-0.39, 0.29) is 75.2 Å². The number of aromatic amines is 1. The molecule has 0 saturated carbocycles. The minimum Gasteiger partial charge on any atom is -0.508 e. The van der Waals surface area contributed by atoms with Crippen LogP contribution in [0.1, 0.15) is 90.3 Å². The average Bonchev–Trinajstić information content (AvgIpc) is 3.83. The molecule has 0 aliphatic rings. The molecule has 26 heteroatoms. The van der Waals surface area contributed by atoms with Crippen LogP contribution in [-0.4, -0.2) is 146 Å². The van der Waals surface area contributed by atoms with E-state index < -0.39 is 109 Å². The molecule has 0 saturated heterocycles. The summed E-state index contributed by atoms with van der Waals surface area (Å²) in [5.41, 5.74) is 23.3. The monoisotopic (exact) mass is 1000 g/mol. The van der Waals surface area contributed by atoms with E-state index in [1.54, 1.807) is 6.92 Å². The zero-order chi connectivity index (χ0) is 53.2. The number of hydrogen-bond donors (Lipinski definition) is 15.